The molecule has 2 atom stereocenters. The van der Waals surface area contributed by atoms with Crippen molar-refractivity contribution in [3.8, 4) is 11.5 Å². The zero-order valence-corrected chi connectivity index (χ0v) is 14.1. The first-order valence-electron chi connectivity index (χ1n) is 8.43. The summed E-state index contributed by atoms with van der Waals surface area (Å²) in [5.41, 5.74) is 0.683. The highest BCUT2D eigenvalue weighted by molar-refractivity contribution is 5.94. The van der Waals surface area contributed by atoms with Crippen LogP contribution in [0.1, 0.15) is 30.6 Å². The standard InChI is InChI=1S/C20H23NO3/c1-3-17-14-23-15(2)13-21(17)20(22)16-9-11-19(12-10-16)24-18-7-5-4-6-8-18/h4-12,15,17H,3,13-14H2,1-2H3/t15-,17+/m1/s1. The minimum Gasteiger partial charge on any atom is -0.457 e. The Labute approximate surface area is 143 Å². The number of rotatable bonds is 4. The summed E-state index contributed by atoms with van der Waals surface area (Å²) in [6, 6.07) is 17.1. The van der Waals surface area contributed by atoms with Crippen molar-refractivity contribution in [2.45, 2.75) is 32.4 Å². The minimum atomic E-state index is 0.0586. The molecule has 0 unspecified atom stereocenters. The van der Waals surface area contributed by atoms with Gasteiger partial charge in [-0.3, -0.25) is 4.79 Å². The molecule has 0 aliphatic carbocycles. The van der Waals surface area contributed by atoms with E-state index in [1.54, 1.807) is 0 Å². The SMILES string of the molecule is CC[C@H]1CO[C@H](C)CN1C(=O)c1ccc(Oc2ccccc2)cc1. The molecular weight excluding hydrogens is 302 g/mol. The summed E-state index contributed by atoms with van der Waals surface area (Å²) >= 11 is 0. The molecule has 0 saturated carbocycles. The van der Waals surface area contributed by atoms with Gasteiger partial charge >= 0.3 is 0 Å². The Kier molecular flexibility index (Phi) is 5.16. The number of para-hydroxylation sites is 1. The van der Waals surface area contributed by atoms with Crippen LogP contribution < -0.4 is 4.74 Å². The number of ether oxygens (including phenoxy) is 2. The molecule has 1 aliphatic heterocycles. The van der Waals surface area contributed by atoms with Crippen LogP contribution in [-0.2, 0) is 4.74 Å². The topological polar surface area (TPSA) is 38.8 Å². The normalized spacial score (nSPS) is 20.7. The number of benzene rings is 2. The summed E-state index contributed by atoms with van der Waals surface area (Å²) in [4.78, 5) is 14.7. The van der Waals surface area contributed by atoms with E-state index >= 15 is 0 Å². The number of carbonyl (C=O) groups excluding carboxylic acids is 1. The van der Waals surface area contributed by atoms with Gasteiger partial charge in [-0.15, -0.1) is 0 Å². The zero-order chi connectivity index (χ0) is 16.9. The molecule has 0 bridgehead atoms. The average molecular weight is 325 g/mol. The van der Waals surface area contributed by atoms with E-state index in [2.05, 4.69) is 6.92 Å². The third-order valence-electron chi connectivity index (χ3n) is 4.28. The predicted octanol–water partition coefficient (Wildman–Crippen LogP) is 4.12. The van der Waals surface area contributed by atoms with Gasteiger partial charge in [-0.25, -0.2) is 0 Å². The lowest BCUT2D eigenvalue weighted by Crippen LogP contribution is -2.51. The molecule has 4 nitrogen and oxygen atoms in total. The van der Waals surface area contributed by atoms with Crippen molar-refractivity contribution < 1.29 is 14.3 Å². The Balaban J connectivity index is 1.71. The molecule has 0 aromatic heterocycles. The number of nitrogens with zero attached hydrogens (tertiary/aromatic N) is 1. The molecule has 1 aliphatic rings. The van der Waals surface area contributed by atoms with Crippen LogP contribution >= 0.6 is 0 Å². The van der Waals surface area contributed by atoms with Gasteiger partial charge in [0.15, 0.2) is 0 Å². The Hall–Kier alpha value is -2.33. The number of carbonyl (C=O) groups is 1. The Morgan fingerprint density at radius 3 is 2.46 bits per heavy atom. The van der Waals surface area contributed by atoms with Gasteiger partial charge in [0.2, 0.25) is 0 Å². The lowest BCUT2D eigenvalue weighted by atomic mass is 10.1. The second-order valence-electron chi connectivity index (χ2n) is 6.10. The van der Waals surface area contributed by atoms with Crippen molar-refractivity contribution >= 4 is 5.91 Å². The van der Waals surface area contributed by atoms with Crippen LogP contribution in [0.3, 0.4) is 0 Å². The van der Waals surface area contributed by atoms with Gasteiger partial charge in [0, 0.05) is 12.1 Å². The van der Waals surface area contributed by atoms with Crippen LogP contribution in [0.4, 0.5) is 0 Å². The van der Waals surface area contributed by atoms with Crippen LogP contribution in [0, 0.1) is 0 Å². The molecular formula is C20H23NO3. The van der Waals surface area contributed by atoms with Crippen molar-refractivity contribution in [2.24, 2.45) is 0 Å². The lowest BCUT2D eigenvalue weighted by Gasteiger charge is -2.38. The van der Waals surface area contributed by atoms with Crippen LogP contribution in [-0.4, -0.2) is 36.1 Å². The molecule has 126 valence electrons. The van der Waals surface area contributed by atoms with Gasteiger partial charge in [0.25, 0.3) is 5.91 Å². The second-order valence-corrected chi connectivity index (χ2v) is 6.10. The molecule has 1 heterocycles. The summed E-state index contributed by atoms with van der Waals surface area (Å²) in [6.07, 6.45) is 0.977. The van der Waals surface area contributed by atoms with Gasteiger partial charge in [-0.05, 0) is 49.7 Å². The molecule has 1 fully saturated rings. The van der Waals surface area contributed by atoms with E-state index in [1.165, 1.54) is 0 Å². The van der Waals surface area contributed by atoms with Gasteiger partial charge < -0.3 is 14.4 Å². The van der Waals surface area contributed by atoms with E-state index in [0.29, 0.717) is 18.7 Å². The number of amides is 1. The summed E-state index contributed by atoms with van der Waals surface area (Å²) in [6.45, 7) is 5.34. The summed E-state index contributed by atoms with van der Waals surface area (Å²) in [5, 5.41) is 0. The number of hydrogen-bond donors (Lipinski definition) is 0. The van der Waals surface area contributed by atoms with E-state index in [1.807, 2.05) is 66.4 Å². The number of morpholine rings is 1. The quantitative estimate of drug-likeness (QED) is 0.849. The third-order valence-corrected chi connectivity index (χ3v) is 4.28. The molecule has 3 rings (SSSR count). The Morgan fingerprint density at radius 1 is 1.12 bits per heavy atom. The van der Waals surface area contributed by atoms with Gasteiger partial charge in [0.05, 0.1) is 18.8 Å². The summed E-state index contributed by atoms with van der Waals surface area (Å²) in [7, 11) is 0. The van der Waals surface area contributed by atoms with Gasteiger partial charge in [-0.1, -0.05) is 25.1 Å². The van der Waals surface area contributed by atoms with Crippen molar-refractivity contribution in [3.63, 3.8) is 0 Å². The van der Waals surface area contributed by atoms with Crippen LogP contribution in [0.5, 0.6) is 11.5 Å². The average Bonchev–Trinajstić information content (AvgIpc) is 2.62. The van der Waals surface area contributed by atoms with Gasteiger partial charge in [0.1, 0.15) is 11.5 Å². The summed E-state index contributed by atoms with van der Waals surface area (Å²) in [5.74, 6) is 1.56. The fourth-order valence-electron chi connectivity index (χ4n) is 2.89. The van der Waals surface area contributed by atoms with Crippen molar-refractivity contribution in [1.29, 1.82) is 0 Å². The van der Waals surface area contributed by atoms with Crippen LogP contribution in [0.25, 0.3) is 0 Å². The minimum absolute atomic E-state index is 0.0586. The maximum atomic E-state index is 12.8. The molecule has 0 radical (unpaired) electrons. The highest BCUT2D eigenvalue weighted by atomic mass is 16.5. The fraction of sp³-hybridized carbons (Fsp3) is 0.350. The molecule has 1 amide bonds. The summed E-state index contributed by atoms with van der Waals surface area (Å²) < 4.78 is 11.4. The van der Waals surface area contributed by atoms with Crippen molar-refractivity contribution in [1.82, 2.24) is 4.90 Å². The zero-order valence-electron chi connectivity index (χ0n) is 14.1. The molecule has 2 aromatic carbocycles. The van der Waals surface area contributed by atoms with E-state index in [4.69, 9.17) is 9.47 Å². The Morgan fingerprint density at radius 2 is 1.79 bits per heavy atom. The van der Waals surface area contributed by atoms with Crippen LogP contribution in [0.2, 0.25) is 0 Å². The first-order valence-corrected chi connectivity index (χ1v) is 8.43. The highest BCUT2D eigenvalue weighted by Crippen LogP contribution is 2.23. The monoisotopic (exact) mass is 325 g/mol. The first-order chi connectivity index (χ1) is 11.7. The van der Waals surface area contributed by atoms with Gasteiger partial charge in [-0.2, -0.15) is 0 Å². The first kappa shape index (κ1) is 16.5. The molecule has 24 heavy (non-hydrogen) atoms. The van der Waals surface area contributed by atoms with E-state index in [0.717, 1.165) is 17.9 Å². The fourth-order valence-corrected chi connectivity index (χ4v) is 2.89. The smallest absolute Gasteiger partial charge is 0.254 e. The van der Waals surface area contributed by atoms with Crippen molar-refractivity contribution in [2.75, 3.05) is 13.2 Å². The largest absolute Gasteiger partial charge is 0.457 e. The molecule has 2 aromatic rings. The lowest BCUT2D eigenvalue weighted by molar-refractivity contribution is -0.0444. The third kappa shape index (κ3) is 3.77. The van der Waals surface area contributed by atoms with E-state index in [-0.39, 0.29) is 18.1 Å². The second kappa shape index (κ2) is 7.49. The van der Waals surface area contributed by atoms with Crippen molar-refractivity contribution in [3.05, 3.63) is 60.2 Å². The van der Waals surface area contributed by atoms with E-state index < -0.39 is 0 Å². The number of hydrogen-bond acceptors (Lipinski definition) is 3. The maximum absolute atomic E-state index is 12.8. The molecule has 0 spiro atoms. The highest BCUT2D eigenvalue weighted by Gasteiger charge is 2.29. The van der Waals surface area contributed by atoms with Crippen LogP contribution in [0.15, 0.2) is 54.6 Å². The Bertz CT molecular complexity index is 669. The van der Waals surface area contributed by atoms with E-state index in [9.17, 15) is 4.79 Å². The molecule has 0 N–H and O–H groups in total. The molecule has 4 heteroatoms. The molecule has 1 saturated heterocycles. The predicted molar refractivity (Wildman–Crippen MR) is 93.5 cm³/mol. The maximum Gasteiger partial charge on any atom is 0.254 e.